The van der Waals surface area contributed by atoms with Gasteiger partial charge in [-0.3, -0.25) is 0 Å². The van der Waals surface area contributed by atoms with Crippen LogP contribution in [0.4, 0.5) is 0 Å². The summed E-state index contributed by atoms with van der Waals surface area (Å²) in [6.45, 7) is 4.64. The van der Waals surface area contributed by atoms with Crippen molar-refractivity contribution in [3.8, 4) is 10.8 Å². The van der Waals surface area contributed by atoms with Crippen molar-refractivity contribution in [1.29, 1.82) is 0 Å². The van der Waals surface area contributed by atoms with Gasteiger partial charge < -0.3 is 10.3 Å². The Morgan fingerprint density at radius 1 is 1.56 bits per heavy atom. The number of nitrogens with two attached hydrogens (primary N) is 1. The van der Waals surface area contributed by atoms with E-state index in [2.05, 4.69) is 23.1 Å². The minimum atomic E-state index is 0.141. The molecule has 2 aromatic rings. The molecule has 4 nitrogen and oxygen atoms in total. The second kappa shape index (κ2) is 4.76. The van der Waals surface area contributed by atoms with Crippen LogP contribution in [-0.4, -0.2) is 16.7 Å². The van der Waals surface area contributed by atoms with Crippen LogP contribution in [0, 0.1) is 0 Å². The lowest BCUT2D eigenvalue weighted by Gasteiger charge is -1.98. The molecule has 0 saturated heterocycles. The Morgan fingerprint density at radius 3 is 3.06 bits per heavy atom. The van der Waals surface area contributed by atoms with E-state index in [-0.39, 0.29) is 5.92 Å². The van der Waals surface area contributed by atoms with Crippen molar-refractivity contribution in [3.05, 3.63) is 22.8 Å². The first kappa shape index (κ1) is 11.3. The van der Waals surface area contributed by atoms with E-state index < -0.39 is 0 Å². The Hall–Kier alpha value is -1.20. The zero-order valence-electron chi connectivity index (χ0n) is 9.43. The first-order valence-corrected chi connectivity index (χ1v) is 6.24. The van der Waals surface area contributed by atoms with Crippen LogP contribution in [0.1, 0.15) is 31.2 Å². The van der Waals surface area contributed by atoms with Gasteiger partial charge in [-0.2, -0.15) is 4.98 Å². The minimum absolute atomic E-state index is 0.141. The average Bonchev–Trinajstić information content (AvgIpc) is 2.95. The summed E-state index contributed by atoms with van der Waals surface area (Å²) in [5, 5.41) is 6.00. The van der Waals surface area contributed by atoms with Crippen molar-refractivity contribution in [2.75, 3.05) is 6.54 Å². The molecule has 0 amide bonds. The Balaban J connectivity index is 2.31. The van der Waals surface area contributed by atoms with Crippen LogP contribution >= 0.6 is 11.3 Å². The molecule has 16 heavy (non-hydrogen) atoms. The van der Waals surface area contributed by atoms with Crippen LogP contribution in [0.2, 0.25) is 0 Å². The first-order chi connectivity index (χ1) is 7.76. The van der Waals surface area contributed by atoms with Gasteiger partial charge in [0.15, 0.2) is 5.82 Å². The lowest BCUT2D eigenvalue weighted by atomic mass is 10.2. The van der Waals surface area contributed by atoms with E-state index in [1.54, 1.807) is 11.3 Å². The molecule has 1 unspecified atom stereocenters. The summed E-state index contributed by atoms with van der Waals surface area (Å²) >= 11 is 1.63. The maximum Gasteiger partial charge on any atom is 0.268 e. The summed E-state index contributed by atoms with van der Waals surface area (Å²) < 4.78 is 5.27. The molecule has 0 aliphatic rings. The first-order valence-electron chi connectivity index (χ1n) is 5.36. The topological polar surface area (TPSA) is 64.9 Å². The van der Waals surface area contributed by atoms with E-state index in [0.717, 1.165) is 11.3 Å². The Morgan fingerprint density at radius 2 is 2.38 bits per heavy atom. The third-order valence-electron chi connectivity index (χ3n) is 2.56. The summed E-state index contributed by atoms with van der Waals surface area (Å²) in [4.78, 5) is 5.46. The van der Waals surface area contributed by atoms with Crippen LogP contribution in [0.25, 0.3) is 10.8 Å². The predicted octanol–water partition coefficient (Wildman–Crippen LogP) is 2.42. The van der Waals surface area contributed by atoms with Gasteiger partial charge >= 0.3 is 0 Å². The highest BCUT2D eigenvalue weighted by molar-refractivity contribution is 7.13. The molecule has 0 spiro atoms. The molecule has 2 N–H and O–H groups in total. The minimum Gasteiger partial charge on any atom is -0.333 e. The van der Waals surface area contributed by atoms with Gasteiger partial charge in [0.25, 0.3) is 5.89 Å². The van der Waals surface area contributed by atoms with Crippen molar-refractivity contribution in [3.63, 3.8) is 0 Å². The van der Waals surface area contributed by atoms with Gasteiger partial charge in [0, 0.05) is 12.5 Å². The Bertz CT molecular complexity index is 463. The van der Waals surface area contributed by atoms with Crippen LogP contribution in [0.3, 0.4) is 0 Å². The lowest BCUT2D eigenvalue weighted by molar-refractivity contribution is 0.418. The summed E-state index contributed by atoms with van der Waals surface area (Å²) in [7, 11) is 0. The molecule has 0 aliphatic carbocycles. The molecule has 5 heteroatoms. The number of thiophene rings is 1. The monoisotopic (exact) mass is 237 g/mol. The molecule has 0 aliphatic heterocycles. The predicted molar refractivity (Wildman–Crippen MR) is 64.5 cm³/mol. The zero-order chi connectivity index (χ0) is 11.5. The lowest BCUT2D eigenvalue weighted by Crippen LogP contribution is -2.10. The molecule has 0 saturated carbocycles. The summed E-state index contributed by atoms with van der Waals surface area (Å²) in [6.07, 6.45) is 0.975. The molecular weight excluding hydrogens is 222 g/mol. The molecule has 2 aromatic heterocycles. The van der Waals surface area contributed by atoms with Crippen LogP contribution < -0.4 is 5.73 Å². The number of rotatable bonds is 4. The van der Waals surface area contributed by atoms with E-state index in [4.69, 9.17) is 10.3 Å². The molecule has 0 aromatic carbocycles. The maximum absolute atomic E-state index is 5.57. The fourth-order valence-electron chi connectivity index (χ4n) is 1.43. The fourth-order valence-corrected chi connectivity index (χ4v) is 2.35. The molecule has 2 heterocycles. The SMILES string of the molecule is CCc1ccsc1-c1nc(C(C)CN)no1. The highest BCUT2D eigenvalue weighted by Gasteiger charge is 2.16. The van der Waals surface area contributed by atoms with Crippen LogP contribution in [-0.2, 0) is 6.42 Å². The molecule has 0 bridgehead atoms. The summed E-state index contributed by atoms with van der Waals surface area (Å²) in [5.41, 5.74) is 6.82. The van der Waals surface area contributed by atoms with Gasteiger partial charge in [0.05, 0.1) is 4.88 Å². The highest BCUT2D eigenvalue weighted by Crippen LogP contribution is 2.29. The number of aryl methyl sites for hydroxylation is 1. The van der Waals surface area contributed by atoms with Crippen LogP contribution in [0.15, 0.2) is 16.0 Å². The van der Waals surface area contributed by atoms with Crippen molar-refractivity contribution in [2.45, 2.75) is 26.2 Å². The molecule has 0 fully saturated rings. The number of nitrogens with zero attached hydrogens (tertiary/aromatic N) is 2. The van der Waals surface area contributed by atoms with E-state index in [1.807, 2.05) is 12.3 Å². The van der Waals surface area contributed by atoms with E-state index in [0.29, 0.717) is 18.3 Å². The summed E-state index contributed by atoms with van der Waals surface area (Å²) in [6, 6.07) is 2.09. The van der Waals surface area contributed by atoms with E-state index in [1.165, 1.54) is 5.56 Å². The fraction of sp³-hybridized carbons (Fsp3) is 0.455. The Labute approximate surface area is 98.5 Å². The molecule has 2 rings (SSSR count). The van der Waals surface area contributed by atoms with Crippen molar-refractivity contribution < 1.29 is 4.52 Å². The molecule has 86 valence electrons. The molecular formula is C11H15N3OS. The quantitative estimate of drug-likeness (QED) is 0.887. The number of aromatic nitrogens is 2. The van der Waals surface area contributed by atoms with Crippen molar-refractivity contribution in [1.82, 2.24) is 10.1 Å². The third-order valence-corrected chi connectivity index (χ3v) is 3.50. The zero-order valence-corrected chi connectivity index (χ0v) is 10.3. The van der Waals surface area contributed by atoms with Gasteiger partial charge in [-0.15, -0.1) is 11.3 Å². The van der Waals surface area contributed by atoms with E-state index in [9.17, 15) is 0 Å². The normalized spacial score (nSPS) is 12.9. The molecule has 1 atom stereocenters. The van der Waals surface area contributed by atoms with Gasteiger partial charge in [-0.25, -0.2) is 0 Å². The highest BCUT2D eigenvalue weighted by atomic mass is 32.1. The second-order valence-corrected chi connectivity index (χ2v) is 4.64. The maximum atomic E-state index is 5.57. The number of hydrogen-bond acceptors (Lipinski definition) is 5. The van der Waals surface area contributed by atoms with Gasteiger partial charge in [-0.05, 0) is 23.4 Å². The number of hydrogen-bond donors (Lipinski definition) is 1. The standard InChI is InChI=1S/C11H15N3OS/c1-3-8-4-5-16-9(8)11-13-10(14-15-11)7(2)6-12/h4-5,7H,3,6,12H2,1-2H3. The van der Waals surface area contributed by atoms with Crippen molar-refractivity contribution in [2.24, 2.45) is 5.73 Å². The third kappa shape index (κ3) is 2.01. The van der Waals surface area contributed by atoms with E-state index >= 15 is 0 Å². The smallest absolute Gasteiger partial charge is 0.268 e. The van der Waals surface area contributed by atoms with Crippen LogP contribution in [0.5, 0.6) is 0 Å². The van der Waals surface area contributed by atoms with Gasteiger partial charge in [-0.1, -0.05) is 19.0 Å². The summed E-state index contributed by atoms with van der Waals surface area (Å²) in [5.74, 6) is 1.44. The van der Waals surface area contributed by atoms with Gasteiger partial charge in [0.2, 0.25) is 0 Å². The average molecular weight is 237 g/mol. The van der Waals surface area contributed by atoms with Crippen molar-refractivity contribution >= 4 is 11.3 Å². The second-order valence-electron chi connectivity index (χ2n) is 3.72. The van der Waals surface area contributed by atoms with Gasteiger partial charge in [0.1, 0.15) is 0 Å². The Kier molecular flexibility index (Phi) is 3.36. The largest absolute Gasteiger partial charge is 0.333 e. The molecule has 0 radical (unpaired) electrons.